The number of rotatable bonds is 10. The molecule has 1 saturated heterocycles. The van der Waals surface area contributed by atoms with Crippen LogP contribution in [0, 0.1) is 0 Å². The van der Waals surface area contributed by atoms with Crippen molar-refractivity contribution in [1.29, 1.82) is 0 Å². The van der Waals surface area contributed by atoms with Gasteiger partial charge in [0.2, 0.25) is 18.0 Å². The topological polar surface area (TPSA) is 158 Å². The van der Waals surface area contributed by atoms with Gasteiger partial charge in [-0.1, -0.05) is 19.9 Å². The van der Waals surface area contributed by atoms with E-state index >= 15 is 0 Å². The second-order valence-corrected chi connectivity index (χ2v) is 12.5. The number of anilines is 3. The molecule has 2 unspecified atom stereocenters. The predicted octanol–water partition coefficient (Wildman–Crippen LogP) is 3.64. The van der Waals surface area contributed by atoms with E-state index in [-0.39, 0.29) is 23.6 Å². The van der Waals surface area contributed by atoms with Gasteiger partial charge in [-0.05, 0) is 59.7 Å². The Labute approximate surface area is 248 Å². The molecular weight excluding hydrogens is 554 g/mol. The van der Waals surface area contributed by atoms with Gasteiger partial charge in [0.25, 0.3) is 0 Å². The van der Waals surface area contributed by atoms with Crippen molar-refractivity contribution in [3.05, 3.63) is 58.9 Å². The summed E-state index contributed by atoms with van der Waals surface area (Å²) in [4.78, 5) is 27.3. The van der Waals surface area contributed by atoms with Gasteiger partial charge < -0.3 is 31.2 Å². The first-order chi connectivity index (χ1) is 20.2. The van der Waals surface area contributed by atoms with E-state index in [1.807, 2.05) is 50.2 Å². The molecule has 2 atom stereocenters. The summed E-state index contributed by atoms with van der Waals surface area (Å²) in [5.74, 6) is 4.62. The Hall–Kier alpha value is -4.19. The van der Waals surface area contributed by atoms with Gasteiger partial charge in [0.1, 0.15) is 17.4 Å². The largest absolute Gasteiger partial charge is 0.497 e. The Morgan fingerprint density at radius 3 is 2.52 bits per heavy atom. The number of ether oxygens (including phenoxy) is 2. The van der Waals surface area contributed by atoms with Gasteiger partial charge in [0.05, 0.1) is 14.2 Å². The molecule has 1 aromatic heterocycles. The monoisotopic (exact) mass is 591 g/mol. The average molecular weight is 592 g/mol. The normalized spacial score (nSPS) is 19.1. The molecule has 1 amide bonds. The second kappa shape index (κ2) is 12.4. The number of nitrogen functional groups attached to an aromatic ring is 1. The number of nitrogens with one attached hydrogen (secondary N) is 1. The summed E-state index contributed by atoms with van der Waals surface area (Å²) in [6, 6.07) is 11.5. The highest BCUT2D eigenvalue weighted by Gasteiger charge is 2.41. The molecule has 1 aliphatic carbocycles. The van der Waals surface area contributed by atoms with Crippen molar-refractivity contribution in [2.45, 2.75) is 38.0 Å². The number of hydrogen-bond donors (Lipinski definition) is 3. The summed E-state index contributed by atoms with van der Waals surface area (Å²) in [6.45, 7) is 5.24. The molecule has 5 N–H and O–H groups in total. The van der Waals surface area contributed by atoms with Crippen LogP contribution in [0.5, 0.6) is 11.5 Å². The number of aliphatic imine (C=N–C) groups is 1. The van der Waals surface area contributed by atoms with Crippen LogP contribution in [-0.4, -0.2) is 65.2 Å². The molecule has 5 rings (SSSR count). The van der Waals surface area contributed by atoms with E-state index in [1.54, 1.807) is 14.2 Å². The van der Waals surface area contributed by atoms with Gasteiger partial charge in [-0.15, -0.1) is 0 Å². The molecule has 2 heterocycles. The first kappa shape index (κ1) is 29.3. The third-order valence-corrected chi connectivity index (χ3v) is 8.99. The lowest BCUT2D eigenvalue weighted by molar-refractivity contribution is -0.105. The van der Waals surface area contributed by atoms with Crippen LogP contribution in [0.4, 0.5) is 23.0 Å². The highest BCUT2D eigenvalue weighted by Crippen LogP contribution is 2.57. The Bertz CT molecular complexity index is 1530. The van der Waals surface area contributed by atoms with Crippen molar-refractivity contribution < 1.29 is 18.5 Å². The summed E-state index contributed by atoms with van der Waals surface area (Å²) in [5, 5.41) is 2.80. The quantitative estimate of drug-likeness (QED) is 0.138. The zero-order valence-corrected chi connectivity index (χ0v) is 25.1. The lowest BCUT2D eigenvalue weighted by Gasteiger charge is -2.29. The molecule has 0 spiro atoms. The predicted molar refractivity (Wildman–Crippen MR) is 167 cm³/mol. The number of nitrogens with zero attached hydrogens (tertiary/aromatic N) is 4. The van der Waals surface area contributed by atoms with Crippen LogP contribution in [0.1, 0.15) is 60.5 Å². The highest BCUT2D eigenvalue weighted by molar-refractivity contribution is 7.85. The molecule has 2 aromatic carbocycles. The van der Waals surface area contributed by atoms with E-state index in [0.29, 0.717) is 65.5 Å². The van der Waals surface area contributed by atoms with Crippen molar-refractivity contribution >= 4 is 46.1 Å². The van der Waals surface area contributed by atoms with E-state index in [0.717, 1.165) is 29.0 Å². The number of methoxy groups -OCH3 is 2. The number of carbonyl (C=O) groups excluding carboxylic acids is 1. The molecule has 2 aliphatic rings. The maximum Gasteiger partial charge on any atom is 0.211 e. The Kier molecular flexibility index (Phi) is 8.62. The molecule has 1 saturated carbocycles. The molecule has 1 aliphatic heterocycles. The van der Waals surface area contributed by atoms with Crippen molar-refractivity contribution in [1.82, 2.24) is 9.97 Å². The molecule has 222 valence electrons. The number of aromatic nitrogens is 2. The minimum absolute atomic E-state index is 0.0476. The highest BCUT2D eigenvalue weighted by atomic mass is 32.2. The molecule has 0 bridgehead atoms. The number of benzene rings is 2. The lowest BCUT2D eigenvalue weighted by atomic mass is 10.0. The molecule has 11 nitrogen and oxygen atoms in total. The summed E-state index contributed by atoms with van der Waals surface area (Å²) in [5.41, 5.74) is 17.0. The second-order valence-electron chi connectivity index (χ2n) is 10.8. The molecule has 2 fully saturated rings. The van der Waals surface area contributed by atoms with Crippen LogP contribution in [-0.2, 0) is 15.6 Å². The number of amides is 1. The molecule has 42 heavy (non-hydrogen) atoms. The lowest BCUT2D eigenvalue weighted by Crippen LogP contribution is -2.38. The Morgan fingerprint density at radius 2 is 1.88 bits per heavy atom. The Morgan fingerprint density at radius 1 is 1.12 bits per heavy atom. The van der Waals surface area contributed by atoms with Crippen LogP contribution in [0.2, 0.25) is 0 Å². The van der Waals surface area contributed by atoms with Crippen LogP contribution in [0.25, 0.3) is 0 Å². The first-order valence-electron chi connectivity index (χ1n) is 13.9. The summed E-state index contributed by atoms with van der Waals surface area (Å²) in [7, 11) is 2.36. The van der Waals surface area contributed by atoms with Crippen molar-refractivity contribution in [2.24, 2.45) is 10.7 Å². The molecule has 0 radical (unpaired) electrons. The summed E-state index contributed by atoms with van der Waals surface area (Å²) in [6.07, 6.45) is 1.61. The van der Waals surface area contributed by atoms with Gasteiger partial charge >= 0.3 is 0 Å². The SMILES string of the molecule is COc1ccc(NC=O)c(C2CC2c2ccc(/C(N)=N/c3nc(C(C)C)nc(N4CCS(=O)CC4)c3OC)c(N)c2)c1. The average Bonchev–Trinajstić information content (AvgIpc) is 3.78. The smallest absolute Gasteiger partial charge is 0.211 e. The maximum absolute atomic E-state index is 11.9. The fourth-order valence-corrected chi connectivity index (χ4v) is 6.37. The van der Waals surface area contributed by atoms with Crippen molar-refractivity contribution in [3.8, 4) is 11.5 Å². The number of hydrogen-bond acceptors (Lipinski definition) is 9. The van der Waals surface area contributed by atoms with Gasteiger partial charge in [0.15, 0.2) is 5.82 Å². The number of carbonyl (C=O) groups is 1. The zero-order chi connectivity index (χ0) is 30.0. The fourth-order valence-electron chi connectivity index (χ4n) is 5.32. The minimum atomic E-state index is -0.828. The van der Waals surface area contributed by atoms with Crippen LogP contribution >= 0.6 is 0 Å². The van der Waals surface area contributed by atoms with Gasteiger partial charge in [-0.2, -0.15) is 0 Å². The van der Waals surface area contributed by atoms with Crippen molar-refractivity contribution in [2.75, 3.05) is 54.8 Å². The molecule has 3 aromatic rings. The van der Waals surface area contributed by atoms with Gasteiger partial charge in [-0.3, -0.25) is 9.00 Å². The zero-order valence-electron chi connectivity index (χ0n) is 24.3. The number of amidine groups is 1. The standard InChI is InChI=1S/C30H37N7O4S/c1-17(2)28-35-29(26(41-4)30(36-28)37-9-11-42(39)12-10-37)34-27(32)20-7-5-18(13-24(20)31)21-15-22(21)23-14-19(40-3)6-8-25(23)33-16-38/h5-8,13-14,16-17,21-22H,9-12,15,31H2,1-4H3,(H,33,38)(H2,32,34,35,36). The van der Waals surface area contributed by atoms with E-state index in [4.69, 9.17) is 25.9 Å². The fraction of sp³-hybridized carbons (Fsp3) is 0.400. The Balaban J connectivity index is 1.43. The van der Waals surface area contributed by atoms with Crippen molar-refractivity contribution in [3.63, 3.8) is 0 Å². The van der Waals surface area contributed by atoms with Crippen LogP contribution < -0.4 is 31.2 Å². The third-order valence-electron chi connectivity index (χ3n) is 7.71. The van der Waals surface area contributed by atoms with E-state index in [2.05, 4.69) is 20.2 Å². The third kappa shape index (κ3) is 6.03. The van der Waals surface area contributed by atoms with Crippen LogP contribution in [0.3, 0.4) is 0 Å². The first-order valence-corrected chi connectivity index (χ1v) is 15.4. The summed E-state index contributed by atoms with van der Waals surface area (Å²) < 4.78 is 23.1. The summed E-state index contributed by atoms with van der Waals surface area (Å²) >= 11 is 0. The maximum atomic E-state index is 11.9. The van der Waals surface area contributed by atoms with E-state index < -0.39 is 10.8 Å². The van der Waals surface area contributed by atoms with Gasteiger partial charge in [0, 0.05) is 58.3 Å². The van der Waals surface area contributed by atoms with E-state index in [9.17, 15) is 9.00 Å². The van der Waals surface area contributed by atoms with E-state index in [1.165, 1.54) is 0 Å². The molecular formula is C30H37N7O4S. The molecule has 12 heteroatoms. The number of nitrogens with two attached hydrogens (primary N) is 2. The minimum Gasteiger partial charge on any atom is -0.497 e. The van der Waals surface area contributed by atoms with Gasteiger partial charge in [-0.25, -0.2) is 15.0 Å². The van der Waals surface area contributed by atoms with Crippen LogP contribution in [0.15, 0.2) is 41.4 Å².